The number of thiazole rings is 1. The van der Waals surface area contributed by atoms with Crippen LogP contribution in [0.2, 0.25) is 0 Å². The van der Waals surface area contributed by atoms with Crippen LogP contribution in [-0.4, -0.2) is 30.8 Å². The number of hydrogen-bond donors (Lipinski definition) is 1. The topological polar surface area (TPSA) is 76.3 Å². The molecule has 102 valence electrons. The number of sulfonamides is 1. The molecule has 0 aliphatic carbocycles. The summed E-state index contributed by atoms with van der Waals surface area (Å²) in [6, 6.07) is 0. The highest BCUT2D eigenvalue weighted by Gasteiger charge is 2.34. The van der Waals surface area contributed by atoms with Crippen molar-refractivity contribution in [1.29, 1.82) is 0 Å². The fourth-order valence-electron chi connectivity index (χ4n) is 2.09. The van der Waals surface area contributed by atoms with Gasteiger partial charge < -0.3 is 5.73 Å². The monoisotopic (exact) mass is 289 g/mol. The first-order chi connectivity index (χ1) is 8.22. The van der Waals surface area contributed by atoms with Crippen LogP contribution >= 0.6 is 11.3 Å². The Morgan fingerprint density at radius 1 is 1.33 bits per heavy atom. The molecule has 0 radical (unpaired) electrons. The largest absolute Gasteiger partial charge is 0.375 e. The van der Waals surface area contributed by atoms with Crippen molar-refractivity contribution in [3.05, 3.63) is 5.69 Å². The van der Waals surface area contributed by atoms with E-state index in [1.54, 1.807) is 11.2 Å². The second-order valence-electron chi connectivity index (χ2n) is 5.49. The van der Waals surface area contributed by atoms with Crippen LogP contribution in [0.1, 0.15) is 32.4 Å². The average molecular weight is 289 g/mol. The van der Waals surface area contributed by atoms with Crippen molar-refractivity contribution in [3.8, 4) is 0 Å². The molecular formula is C11H19N3O2S2. The van der Waals surface area contributed by atoms with Crippen molar-refractivity contribution < 1.29 is 8.42 Å². The highest BCUT2D eigenvalue weighted by atomic mass is 32.2. The van der Waals surface area contributed by atoms with Crippen LogP contribution in [0.3, 0.4) is 0 Å². The Morgan fingerprint density at radius 2 is 1.89 bits per heavy atom. The first kappa shape index (κ1) is 13.8. The van der Waals surface area contributed by atoms with Crippen molar-refractivity contribution in [2.45, 2.75) is 37.8 Å². The Hall–Kier alpha value is -0.660. The highest BCUT2D eigenvalue weighted by Crippen LogP contribution is 2.34. The van der Waals surface area contributed by atoms with Crippen LogP contribution in [-0.2, 0) is 10.0 Å². The third kappa shape index (κ3) is 2.53. The standard InChI is InChI=1S/C11H19N3O2S2/c1-8-9(17-10(12)13-8)18(15,16)14-6-4-11(2,3)5-7-14/h4-7H2,1-3H3,(H2,12,13). The zero-order valence-corrected chi connectivity index (χ0v) is 12.6. The lowest BCUT2D eigenvalue weighted by molar-refractivity contribution is 0.196. The number of anilines is 1. The summed E-state index contributed by atoms with van der Waals surface area (Å²) < 4.78 is 26.8. The minimum Gasteiger partial charge on any atom is -0.375 e. The molecule has 1 aromatic heterocycles. The van der Waals surface area contributed by atoms with Gasteiger partial charge in [-0.25, -0.2) is 13.4 Å². The molecule has 1 aromatic rings. The van der Waals surface area contributed by atoms with Crippen LogP contribution in [0.5, 0.6) is 0 Å². The summed E-state index contributed by atoms with van der Waals surface area (Å²) in [6.45, 7) is 7.19. The number of rotatable bonds is 2. The lowest BCUT2D eigenvalue weighted by Gasteiger charge is -2.35. The molecule has 0 spiro atoms. The molecular weight excluding hydrogens is 270 g/mol. The molecule has 0 unspecified atom stereocenters. The summed E-state index contributed by atoms with van der Waals surface area (Å²) in [4.78, 5) is 3.99. The van der Waals surface area contributed by atoms with Gasteiger partial charge in [-0.1, -0.05) is 25.2 Å². The summed E-state index contributed by atoms with van der Waals surface area (Å²) in [5, 5.41) is 0.309. The van der Waals surface area contributed by atoms with Gasteiger partial charge in [0, 0.05) is 13.1 Å². The lowest BCUT2D eigenvalue weighted by atomic mass is 9.83. The second-order valence-corrected chi connectivity index (χ2v) is 8.66. The molecule has 1 saturated heterocycles. The number of nitrogens with two attached hydrogens (primary N) is 1. The normalized spacial score (nSPS) is 21.1. The van der Waals surface area contributed by atoms with Crippen molar-refractivity contribution in [1.82, 2.24) is 9.29 Å². The third-order valence-corrected chi connectivity index (χ3v) is 6.89. The molecule has 0 amide bonds. The van der Waals surface area contributed by atoms with Gasteiger partial charge in [0.15, 0.2) is 9.34 Å². The zero-order valence-electron chi connectivity index (χ0n) is 10.9. The van der Waals surface area contributed by atoms with E-state index in [4.69, 9.17) is 5.73 Å². The summed E-state index contributed by atoms with van der Waals surface area (Å²) in [5.41, 5.74) is 6.31. The molecule has 1 fully saturated rings. The van der Waals surface area contributed by atoms with Crippen LogP contribution in [0.25, 0.3) is 0 Å². The van der Waals surface area contributed by atoms with Crippen LogP contribution in [0.4, 0.5) is 5.13 Å². The molecule has 1 aliphatic heterocycles. The van der Waals surface area contributed by atoms with E-state index in [0.717, 1.165) is 24.2 Å². The third-order valence-electron chi connectivity index (χ3n) is 3.42. The first-order valence-electron chi connectivity index (χ1n) is 5.95. The molecule has 0 bridgehead atoms. The highest BCUT2D eigenvalue weighted by molar-refractivity contribution is 7.91. The van der Waals surface area contributed by atoms with Gasteiger partial charge in [-0.2, -0.15) is 4.31 Å². The fourth-order valence-corrected chi connectivity index (χ4v) is 4.97. The van der Waals surface area contributed by atoms with Crippen molar-refractivity contribution in [2.24, 2.45) is 5.41 Å². The van der Waals surface area contributed by atoms with E-state index < -0.39 is 10.0 Å². The van der Waals surface area contributed by atoms with Gasteiger partial charge in [-0.3, -0.25) is 0 Å². The summed E-state index contributed by atoms with van der Waals surface area (Å²) in [6.07, 6.45) is 1.78. The van der Waals surface area contributed by atoms with Gasteiger partial charge in [0.05, 0.1) is 5.69 Å². The maximum Gasteiger partial charge on any atom is 0.254 e. The molecule has 0 saturated carbocycles. The van der Waals surface area contributed by atoms with Crippen molar-refractivity contribution >= 4 is 26.5 Å². The number of aromatic nitrogens is 1. The van der Waals surface area contributed by atoms with E-state index >= 15 is 0 Å². The van der Waals surface area contributed by atoms with Crippen LogP contribution in [0.15, 0.2) is 4.21 Å². The maximum atomic E-state index is 12.5. The molecule has 7 heteroatoms. The predicted octanol–water partition coefficient (Wildman–Crippen LogP) is 1.84. The van der Waals surface area contributed by atoms with Crippen LogP contribution < -0.4 is 5.73 Å². The molecule has 0 atom stereocenters. The fraction of sp³-hybridized carbons (Fsp3) is 0.727. The van der Waals surface area contributed by atoms with E-state index in [1.165, 1.54) is 0 Å². The smallest absolute Gasteiger partial charge is 0.254 e. The number of nitrogens with zero attached hydrogens (tertiary/aromatic N) is 2. The number of hydrogen-bond acceptors (Lipinski definition) is 5. The first-order valence-corrected chi connectivity index (χ1v) is 8.21. The zero-order chi connectivity index (χ0) is 13.6. The quantitative estimate of drug-likeness (QED) is 0.901. The summed E-state index contributed by atoms with van der Waals surface area (Å²) in [5.74, 6) is 0. The predicted molar refractivity (Wildman–Crippen MR) is 73.0 cm³/mol. The van der Waals surface area contributed by atoms with Crippen molar-refractivity contribution in [2.75, 3.05) is 18.8 Å². The molecule has 1 aliphatic rings. The Kier molecular flexibility index (Phi) is 3.42. The minimum absolute atomic E-state index is 0.230. The van der Waals surface area contributed by atoms with Gasteiger partial charge >= 0.3 is 0 Å². The van der Waals surface area contributed by atoms with E-state index in [9.17, 15) is 8.42 Å². The summed E-state index contributed by atoms with van der Waals surface area (Å²) in [7, 11) is -3.41. The average Bonchev–Trinajstić information content (AvgIpc) is 2.58. The van der Waals surface area contributed by atoms with Gasteiger partial charge in [-0.15, -0.1) is 0 Å². The Labute approximate surface area is 112 Å². The number of piperidine rings is 1. The Balaban J connectivity index is 2.25. The maximum absolute atomic E-state index is 12.5. The molecule has 18 heavy (non-hydrogen) atoms. The van der Waals surface area contributed by atoms with Gasteiger partial charge in [0.25, 0.3) is 10.0 Å². The molecule has 5 nitrogen and oxygen atoms in total. The minimum atomic E-state index is -3.41. The van der Waals surface area contributed by atoms with Gasteiger partial charge in [0.1, 0.15) is 0 Å². The van der Waals surface area contributed by atoms with E-state index in [1.807, 2.05) is 0 Å². The van der Waals surface area contributed by atoms with Gasteiger partial charge in [-0.05, 0) is 25.2 Å². The molecule has 0 aromatic carbocycles. The molecule has 2 heterocycles. The summed E-state index contributed by atoms with van der Waals surface area (Å²) >= 11 is 1.05. The molecule has 2 rings (SSSR count). The van der Waals surface area contributed by atoms with Crippen LogP contribution in [0, 0.1) is 12.3 Å². The molecule has 2 N–H and O–H groups in total. The van der Waals surface area contributed by atoms with E-state index in [-0.39, 0.29) is 5.41 Å². The SMILES string of the molecule is Cc1nc(N)sc1S(=O)(=O)N1CCC(C)(C)CC1. The van der Waals surface area contributed by atoms with E-state index in [0.29, 0.717) is 28.1 Å². The Morgan fingerprint density at radius 3 is 2.33 bits per heavy atom. The van der Waals surface area contributed by atoms with E-state index in [2.05, 4.69) is 18.8 Å². The second kappa shape index (κ2) is 4.47. The van der Waals surface area contributed by atoms with Gasteiger partial charge in [0.2, 0.25) is 0 Å². The lowest BCUT2D eigenvalue weighted by Crippen LogP contribution is -2.41. The Bertz CT molecular complexity index is 539. The number of aryl methyl sites for hydroxylation is 1. The number of nitrogen functional groups attached to an aromatic ring is 1. The van der Waals surface area contributed by atoms with Crippen molar-refractivity contribution in [3.63, 3.8) is 0 Å².